The summed E-state index contributed by atoms with van der Waals surface area (Å²) in [7, 11) is 0. The number of nitrogens with zero attached hydrogens (tertiary/aromatic N) is 3. The molecule has 12 heavy (non-hydrogen) atoms. The normalized spacial score (nSPS) is 12.8. The number of rotatable bonds is 4. The molecule has 0 spiro atoms. The van der Waals surface area contributed by atoms with Gasteiger partial charge in [-0.3, -0.25) is 9.48 Å². The van der Waals surface area contributed by atoms with Crippen LogP contribution in [0.1, 0.15) is 6.42 Å². The van der Waals surface area contributed by atoms with E-state index in [1.807, 2.05) is 0 Å². The standard InChI is InChI=1S/C6H10N4O2/c7-5(6(11)12)1-2-10-4-8-3-9-10/h3-5H,1-2,7H2,(H,11,12)/t5-/m1/s1. The van der Waals surface area contributed by atoms with Crippen LogP contribution in [0.2, 0.25) is 0 Å². The number of hydrogen-bond donors (Lipinski definition) is 2. The minimum absolute atomic E-state index is 0.360. The van der Waals surface area contributed by atoms with Gasteiger partial charge in [-0.05, 0) is 6.42 Å². The van der Waals surface area contributed by atoms with Crippen molar-refractivity contribution >= 4 is 5.97 Å². The lowest BCUT2D eigenvalue weighted by atomic mass is 10.2. The summed E-state index contributed by atoms with van der Waals surface area (Å²) >= 11 is 0. The van der Waals surface area contributed by atoms with Crippen molar-refractivity contribution < 1.29 is 9.90 Å². The van der Waals surface area contributed by atoms with Gasteiger partial charge in [0.25, 0.3) is 0 Å². The van der Waals surface area contributed by atoms with Crippen molar-refractivity contribution in [1.29, 1.82) is 0 Å². The number of carboxylic acid groups (broad SMARTS) is 1. The molecule has 0 aliphatic carbocycles. The Kier molecular flexibility index (Phi) is 2.76. The Hall–Kier alpha value is -1.43. The van der Waals surface area contributed by atoms with Gasteiger partial charge in [-0.15, -0.1) is 0 Å². The number of nitrogens with two attached hydrogens (primary N) is 1. The van der Waals surface area contributed by atoms with E-state index in [-0.39, 0.29) is 0 Å². The molecule has 1 aromatic rings. The van der Waals surface area contributed by atoms with E-state index in [1.54, 1.807) is 4.68 Å². The fourth-order valence-electron chi connectivity index (χ4n) is 0.743. The number of aromatic nitrogens is 3. The Balaban J connectivity index is 2.31. The molecular formula is C6H10N4O2. The van der Waals surface area contributed by atoms with Crippen LogP contribution >= 0.6 is 0 Å². The first-order valence-corrected chi connectivity index (χ1v) is 3.51. The lowest BCUT2D eigenvalue weighted by Gasteiger charge is -2.04. The van der Waals surface area contributed by atoms with Gasteiger partial charge in [0.2, 0.25) is 0 Å². The molecule has 0 aromatic carbocycles. The zero-order valence-electron chi connectivity index (χ0n) is 6.42. The van der Waals surface area contributed by atoms with E-state index in [2.05, 4.69) is 10.1 Å². The Morgan fingerprint density at radius 3 is 3.00 bits per heavy atom. The molecule has 0 fully saturated rings. The summed E-state index contributed by atoms with van der Waals surface area (Å²) in [6.07, 6.45) is 3.28. The van der Waals surface area contributed by atoms with Gasteiger partial charge in [-0.2, -0.15) is 5.10 Å². The average Bonchev–Trinajstić information content (AvgIpc) is 2.51. The van der Waals surface area contributed by atoms with Gasteiger partial charge in [0, 0.05) is 6.54 Å². The van der Waals surface area contributed by atoms with Crippen molar-refractivity contribution in [3.8, 4) is 0 Å². The van der Waals surface area contributed by atoms with Gasteiger partial charge < -0.3 is 10.8 Å². The minimum atomic E-state index is -0.991. The molecule has 66 valence electrons. The summed E-state index contributed by atoms with van der Waals surface area (Å²) in [6, 6.07) is -0.825. The van der Waals surface area contributed by atoms with Gasteiger partial charge in [0.15, 0.2) is 0 Å². The monoisotopic (exact) mass is 170 g/mol. The van der Waals surface area contributed by atoms with Crippen molar-refractivity contribution in [2.75, 3.05) is 0 Å². The lowest BCUT2D eigenvalue weighted by Crippen LogP contribution is -2.31. The van der Waals surface area contributed by atoms with Crippen LogP contribution in [0, 0.1) is 0 Å². The second-order valence-corrected chi connectivity index (χ2v) is 2.39. The summed E-state index contributed by atoms with van der Waals surface area (Å²) in [5, 5.41) is 12.2. The summed E-state index contributed by atoms with van der Waals surface area (Å²) < 4.78 is 1.54. The van der Waals surface area contributed by atoms with Crippen molar-refractivity contribution in [3.05, 3.63) is 12.7 Å². The van der Waals surface area contributed by atoms with Gasteiger partial charge in [-0.1, -0.05) is 0 Å². The van der Waals surface area contributed by atoms with Crippen molar-refractivity contribution in [1.82, 2.24) is 14.8 Å². The second kappa shape index (κ2) is 3.82. The average molecular weight is 170 g/mol. The zero-order chi connectivity index (χ0) is 8.97. The van der Waals surface area contributed by atoms with Crippen LogP contribution in [0.25, 0.3) is 0 Å². The molecular weight excluding hydrogens is 160 g/mol. The van der Waals surface area contributed by atoms with E-state index in [0.29, 0.717) is 13.0 Å². The maximum atomic E-state index is 10.3. The molecule has 0 bridgehead atoms. The first-order valence-electron chi connectivity index (χ1n) is 3.51. The first kappa shape index (κ1) is 8.66. The Morgan fingerprint density at radius 1 is 1.75 bits per heavy atom. The van der Waals surface area contributed by atoms with E-state index in [0.717, 1.165) is 0 Å². The van der Waals surface area contributed by atoms with Crippen LogP contribution in [-0.2, 0) is 11.3 Å². The number of carbonyl (C=O) groups is 1. The Morgan fingerprint density at radius 2 is 2.50 bits per heavy atom. The molecule has 0 aliphatic heterocycles. The lowest BCUT2D eigenvalue weighted by molar-refractivity contribution is -0.138. The molecule has 0 unspecified atom stereocenters. The van der Waals surface area contributed by atoms with E-state index in [1.165, 1.54) is 12.7 Å². The molecule has 3 N–H and O–H groups in total. The minimum Gasteiger partial charge on any atom is -0.480 e. The Bertz CT molecular complexity index is 246. The molecule has 1 aromatic heterocycles. The predicted octanol–water partition coefficient (Wildman–Crippen LogP) is -0.920. The van der Waals surface area contributed by atoms with E-state index >= 15 is 0 Å². The van der Waals surface area contributed by atoms with E-state index in [4.69, 9.17) is 10.8 Å². The molecule has 0 amide bonds. The van der Waals surface area contributed by atoms with Crippen LogP contribution in [0.15, 0.2) is 12.7 Å². The number of hydrogen-bond acceptors (Lipinski definition) is 4. The third kappa shape index (κ3) is 2.31. The third-order valence-corrected chi connectivity index (χ3v) is 1.45. The molecule has 6 nitrogen and oxygen atoms in total. The molecule has 1 heterocycles. The van der Waals surface area contributed by atoms with E-state index < -0.39 is 12.0 Å². The molecule has 1 rings (SSSR count). The largest absolute Gasteiger partial charge is 0.480 e. The van der Waals surface area contributed by atoms with Gasteiger partial charge in [-0.25, -0.2) is 4.98 Å². The first-order chi connectivity index (χ1) is 5.70. The highest BCUT2D eigenvalue weighted by atomic mass is 16.4. The summed E-state index contributed by atoms with van der Waals surface area (Å²) in [5.41, 5.74) is 5.27. The topological polar surface area (TPSA) is 94.0 Å². The molecule has 1 atom stereocenters. The predicted molar refractivity (Wildman–Crippen MR) is 40.3 cm³/mol. The SMILES string of the molecule is N[C@H](CCn1cncn1)C(=O)O. The zero-order valence-corrected chi connectivity index (χ0v) is 6.42. The molecule has 0 saturated carbocycles. The van der Waals surface area contributed by atoms with Crippen LogP contribution in [0.5, 0.6) is 0 Å². The van der Waals surface area contributed by atoms with Crippen LogP contribution in [0.4, 0.5) is 0 Å². The maximum Gasteiger partial charge on any atom is 0.320 e. The highest BCUT2D eigenvalue weighted by Crippen LogP contribution is 1.91. The van der Waals surface area contributed by atoms with Gasteiger partial charge in [0.05, 0.1) is 0 Å². The highest BCUT2D eigenvalue weighted by Gasteiger charge is 2.10. The van der Waals surface area contributed by atoms with Crippen LogP contribution < -0.4 is 5.73 Å². The fourth-order valence-corrected chi connectivity index (χ4v) is 0.743. The van der Waals surface area contributed by atoms with Crippen LogP contribution in [0.3, 0.4) is 0 Å². The summed E-state index contributed by atoms with van der Waals surface area (Å²) in [5.74, 6) is -0.991. The van der Waals surface area contributed by atoms with Crippen molar-refractivity contribution in [2.24, 2.45) is 5.73 Å². The smallest absolute Gasteiger partial charge is 0.320 e. The summed E-state index contributed by atoms with van der Waals surface area (Å²) in [4.78, 5) is 14.0. The van der Waals surface area contributed by atoms with Crippen LogP contribution in [-0.4, -0.2) is 31.9 Å². The quantitative estimate of drug-likeness (QED) is 0.609. The maximum absolute atomic E-state index is 10.3. The second-order valence-electron chi connectivity index (χ2n) is 2.39. The molecule has 0 radical (unpaired) electrons. The number of aryl methyl sites for hydroxylation is 1. The number of carboxylic acids is 1. The number of aliphatic carboxylic acids is 1. The highest BCUT2D eigenvalue weighted by molar-refractivity contribution is 5.72. The van der Waals surface area contributed by atoms with Crippen molar-refractivity contribution in [2.45, 2.75) is 19.0 Å². The summed E-state index contributed by atoms with van der Waals surface area (Å²) in [6.45, 7) is 0.480. The molecule has 0 aliphatic rings. The molecule has 6 heteroatoms. The fraction of sp³-hybridized carbons (Fsp3) is 0.500. The Labute approximate surface area is 69.0 Å². The van der Waals surface area contributed by atoms with Crippen molar-refractivity contribution in [3.63, 3.8) is 0 Å². The van der Waals surface area contributed by atoms with E-state index in [9.17, 15) is 4.79 Å². The van der Waals surface area contributed by atoms with Gasteiger partial charge in [0.1, 0.15) is 18.7 Å². The van der Waals surface area contributed by atoms with Gasteiger partial charge >= 0.3 is 5.97 Å². The third-order valence-electron chi connectivity index (χ3n) is 1.45. The molecule has 0 saturated heterocycles.